The lowest BCUT2D eigenvalue weighted by atomic mass is 9.94. The minimum absolute atomic E-state index is 0.275. The number of aromatic nitrogens is 3. The van der Waals surface area contributed by atoms with Crippen LogP contribution in [-0.2, 0) is 4.79 Å². The first-order chi connectivity index (χ1) is 16.1. The first-order valence-electron chi connectivity index (χ1n) is 10.8. The molecule has 0 saturated carbocycles. The predicted molar refractivity (Wildman–Crippen MR) is 125 cm³/mol. The van der Waals surface area contributed by atoms with Crippen LogP contribution in [0, 0.1) is 0 Å². The van der Waals surface area contributed by atoms with E-state index in [0.717, 1.165) is 5.56 Å². The van der Waals surface area contributed by atoms with E-state index in [1.54, 1.807) is 23.9 Å². The van der Waals surface area contributed by atoms with Gasteiger partial charge in [-0.25, -0.2) is 4.68 Å². The van der Waals surface area contributed by atoms with Crippen molar-refractivity contribution < 1.29 is 19.0 Å². The molecule has 33 heavy (non-hydrogen) atoms. The van der Waals surface area contributed by atoms with E-state index < -0.39 is 6.04 Å². The van der Waals surface area contributed by atoms with Crippen molar-refractivity contribution in [2.45, 2.75) is 26.8 Å². The first-order valence-corrected chi connectivity index (χ1v) is 10.8. The number of anilines is 2. The summed E-state index contributed by atoms with van der Waals surface area (Å²) in [6.07, 6.45) is 1.46. The fourth-order valence-corrected chi connectivity index (χ4v) is 3.87. The van der Waals surface area contributed by atoms with Crippen molar-refractivity contribution in [3.8, 4) is 17.2 Å². The SMILES string of the molecule is CCOc1ccc([C@H]2C(C(=O)Nc3ccccc3OC)=C(C)Nc3ncnn32)cc1OCC. The van der Waals surface area contributed by atoms with Crippen LogP contribution in [0.4, 0.5) is 11.6 Å². The molecule has 9 nitrogen and oxygen atoms in total. The molecular weight excluding hydrogens is 422 g/mol. The minimum Gasteiger partial charge on any atom is -0.495 e. The van der Waals surface area contributed by atoms with Crippen LogP contribution in [0.2, 0.25) is 0 Å². The molecule has 1 amide bonds. The molecule has 2 N–H and O–H groups in total. The lowest BCUT2D eigenvalue weighted by Gasteiger charge is -2.29. The van der Waals surface area contributed by atoms with Gasteiger partial charge in [-0.2, -0.15) is 10.1 Å². The highest BCUT2D eigenvalue weighted by Crippen LogP contribution is 2.39. The van der Waals surface area contributed by atoms with Crippen LogP contribution < -0.4 is 24.8 Å². The summed E-state index contributed by atoms with van der Waals surface area (Å²) in [5, 5.41) is 10.5. The van der Waals surface area contributed by atoms with E-state index in [0.29, 0.717) is 53.4 Å². The van der Waals surface area contributed by atoms with Gasteiger partial charge < -0.3 is 24.8 Å². The summed E-state index contributed by atoms with van der Waals surface area (Å²) in [6.45, 7) is 6.69. The summed E-state index contributed by atoms with van der Waals surface area (Å²) in [7, 11) is 1.57. The Bertz CT molecular complexity index is 1190. The largest absolute Gasteiger partial charge is 0.495 e. The normalized spacial score (nSPS) is 14.8. The molecular formula is C24H27N5O4. The van der Waals surface area contributed by atoms with Crippen LogP contribution in [-0.4, -0.2) is 41.0 Å². The molecule has 0 fully saturated rings. The zero-order chi connectivity index (χ0) is 23.4. The number of nitrogens with one attached hydrogen (secondary N) is 2. The van der Waals surface area contributed by atoms with E-state index in [2.05, 4.69) is 20.7 Å². The van der Waals surface area contributed by atoms with Gasteiger partial charge in [0.05, 0.1) is 31.6 Å². The molecule has 1 aliphatic heterocycles. The van der Waals surface area contributed by atoms with E-state index in [1.165, 1.54) is 6.33 Å². The maximum Gasteiger partial charge on any atom is 0.255 e. The molecule has 4 rings (SSSR count). The van der Waals surface area contributed by atoms with Crippen molar-refractivity contribution in [1.82, 2.24) is 14.8 Å². The standard InChI is InChI=1S/C24H27N5O4/c1-5-32-19-12-11-16(13-20(19)33-6-2)22-21(15(3)27-24-25-14-26-29(22)24)23(30)28-17-9-7-8-10-18(17)31-4/h7-14,22H,5-6H2,1-4H3,(H,28,30)(H,25,26,27)/t22-/m0/s1. The Morgan fingerprint density at radius 2 is 1.85 bits per heavy atom. The number of amides is 1. The number of hydrogen-bond acceptors (Lipinski definition) is 7. The maximum absolute atomic E-state index is 13.6. The summed E-state index contributed by atoms with van der Waals surface area (Å²) in [4.78, 5) is 17.9. The second kappa shape index (κ2) is 9.64. The number of rotatable bonds is 8. The van der Waals surface area contributed by atoms with E-state index >= 15 is 0 Å². The molecule has 0 spiro atoms. The van der Waals surface area contributed by atoms with Gasteiger partial charge in [0.25, 0.3) is 5.91 Å². The molecule has 1 atom stereocenters. The number of nitrogens with zero attached hydrogens (tertiary/aromatic N) is 3. The van der Waals surface area contributed by atoms with Crippen LogP contribution >= 0.6 is 0 Å². The second-order valence-corrected chi connectivity index (χ2v) is 7.32. The molecule has 3 aromatic rings. The molecule has 1 aliphatic rings. The summed E-state index contributed by atoms with van der Waals surface area (Å²) in [5.41, 5.74) is 2.58. The summed E-state index contributed by atoms with van der Waals surface area (Å²) in [6, 6.07) is 12.4. The van der Waals surface area contributed by atoms with Gasteiger partial charge in [-0.3, -0.25) is 4.79 Å². The molecule has 0 aliphatic carbocycles. The smallest absolute Gasteiger partial charge is 0.255 e. The Kier molecular flexibility index (Phi) is 6.48. The Morgan fingerprint density at radius 1 is 1.09 bits per heavy atom. The highest BCUT2D eigenvalue weighted by atomic mass is 16.5. The molecule has 0 unspecified atom stereocenters. The van der Waals surface area contributed by atoms with Gasteiger partial charge in [0.2, 0.25) is 5.95 Å². The summed E-state index contributed by atoms with van der Waals surface area (Å²) in [5.74, 6) is 2.11. The molecule has 2 aromatic carbocycles. The fourth-order valence-electron chi connectivity index (χ4n) is 3.87. The molecule has 2 heterocycles. The van der Waals surface area contributed by atoms with Crippen molar-refractivity contribution in [2.75, 3.05) is 31.0 Å². The van der Waals surface area contributed by atoms with Gasteiger partial charge in [0, 0.05) is 5.70 Å². The van der Waals surface area contributed by atoms with E-state index in [1.807, 2.05) is 51.1 Å². The van der Waals surface area contributed by atoms with Gasteiger partial charge >= 0.3 is 0 Å². The zero-order valence-electron chi connectivity index (χ0n) is 19.1. The summed E-state index contributed by atoms with van der Waals surface area (Å²) < 4.78 is 18.6. The first kappa shape index (κ1) is 22.2. The molecule has 0 radical (unpaired) electrons. The average molecular weight is 450 g/mol. The quantitative estimate of drug-likeness (QED) is 0.536. The lowest BCUT2D eigenvalue weighted by Crippen LogP contribution is -2.31. The van der Waals surface area contributed by atoms with E-state index in [-0.39, 0.29) is 5.91 Å². The fraction of sp³-hybridized carbons (Fsp3) is 0.292. The average Bonchev–Trinajstić information content (AvgIpc) is 3.28. The lowest BCUT2D eigenvalue weighted by molar-refractivity contribution is -0.113. The monoisotopic (exact) mass is 449 g/mol. The Morgan fingerprint density at radius 3 is 2.61 bits per heavy atom. The number of carbonyl (C=O) groups excluding carboxylic acids is 1. The number of fused-ring (bicyclic) bond motifs is 1. The Labute approximate surface area is 192 Å². The predicted octanol–water partition coefficient (Wildman–Crippen LogP) is 4.01. The number of allylic oxidation sites excluding steroid dienone is 1. The second-order valence-electron chi connectivity index (χ2n) is 7.32. The van der Waals surface area contributed by atoms with E-state index in [9.17, 15) is 4.79 Å². The van der Waals surface area contributed by atoms with Gasteiger partial charge in [-0.05, 0) is 50.6 Å². The molecule has 9 heteroatoms. The highest BCUT2D eigenvalue weighted by Gasteiger charge is 2.34. The molecule has 0 saturated heterocycles. The molecule has 1 aromatic heterocycles. The summed E-state index contributed by atoms with van der Waals surface area (Å²) >= 11 is 0. The van der Waals surface area contributed by atoms with Gasteiger partial charge in [0.15, 0.2) is 11.5 Å². The number of hydrogen-bond donors (Lipinski definition) is 2. The van der Waals surface area contributed by atoms with Gasteiger partial charge in [-0.15, -0.1) is 0 Å². The van der Waals surface area contributed by atoms with Crippen LogP contribution in [0.15, 0.2) is 60.1 Å². The number of benzene rings is 2. The number of carbonyl (C=O) groups is 1. The van der Waals surface area contributed by atoms with Crippen LogP contribution in [0.25, 0.3) is 0 Å². The van der Waals surface area contributed by atoms with Gasteiger partial charge in [0.1, 0.15) is 18.1 Å². The van der Waals surface area contributed by atoms with Gasteiger partial charge in [-0.1, -0.05) is 18.2 Å². The Balaban J connectivity index is 1.78. The third-order valence-corrected chi connectivity index (χ3v) is 5.28. The molecule has 172 valence electrons. The zero-order valence-corrected chi connectivity index (χ0v) is 19.1. The van der Waals surface area contributed by atoms with Crippen LogP contribution in [0.3, 0.4) is 0 Å². The number of ether oxygens (including phenoxy) is 3. The maximum atomic E-state index is 13.6. The molecule has 0 bridgehead atoms. The topological polar surface area (TPSA) is 99.5 Å². The van der Waals surface area contributed by atoms with E-state index in [4.69, 9.17) is 14.2 Å². The third kappa shape index (κ3) is 4.34. The highest BCUT2D eigenvalue weighted by molar-refractivity contribution is 6.06. The minimum atomic E-state index is -0.520. The van der Waals surface area contributed by atoms with Crippen molar-refractivity contribution in [3.63, 3.8) is 0 Å². The van der Waals surface area contributed by atoms with Crippen molar-refractivity contribution in [3.05, 3.63) is 65.6 Å². The van der Waals surface area contributed by atoms with Crippen molar-refractivity contribution in [1.29, 1.82) is 0 Å². The Hall–Kier alpha value is -4.01. The number of para-hydroxylation sites is 2. The van der Waals surface area contributed by atoms with Crippen molar-refractivity contribution in [2.24, 2.45) is 0 Å². The third-order valence-electron chi connectivity index (χ3n) is 5.28. The van der Waals surface area contributed by atoms with Crippen LogP contribution in [0.1, 0.15) is 32.4 Å². The number of methoxy groups -OCH3 is 1. The van der Waals surface area contributed by atoms with Crippen LogP contribution in [0.5, 0.6) is 17.2 Å². The van der Waals surface area contributed by atoms with Crippen molar-refractivity contribution >= 4 is 17.5 Å².